The maximum atomic E-state index is 11.2. The molecule has 0 atom stereocenters. The van der Waals surface area contributed by atoms with Crippen LogP contribution in [-0.4, -0.2) is 56.8 Å². The molecule has 3 aromatic rings. The van der Waals surface area contributed by atoms with Gasteiger partial charge in [0, 0.05) is 20.0 Å². The Bertz CT molecular complexity index is 964. The number of carbonyl (C=O) groups excluding carboxylic acids is 1. The van der Waals surface area contributed by atoms with Crippen molar-refractivity contribution in [2.24, 2.45) is 0 Å². The van der Waals surface area contributed by atoms with Crippen LogP contribution in [0.4, 0.5) is 17.5 Å². The SMILES string of the molecule is CC(=O)Nc1cn2nc(-c3cnc(N)c(N4CCOCC4)n3)ccc2n1. The maximum Gasteiger partial charge on any atom is 0.222 e. The molecule has 4 heterocycles. The molecule has 26 heavy (non-hydrogen) atoms. The fraction of sp³-hybridized carbons (Fsp3) is 0.312. The van der Waals surface area contributed by atoms with E-state index in [0.29, 0.717) is 47.7 Å². The number of aromatic nitrogens is 5. The van der Waals surface area contributed by atoms with Crippen molar-refractivity contribution in [3.8, 4) is 11.4 Å². The van der Waals surface area contributed by atoms with Gasteiger partial charge in [0.2, 0.25) is 5.91 Å². The molecular formula is C16H18N8O2. The van der Waals surface area contributed by atoms with Crippen LogP contribution in [0, 0.1) is 0 Å². The van der Waals surface area contributed by atoms with Crippen LogP contribution in [0.5, 0.6) is 0 Å². The molecule has 0 saturated carbocycles. The minimum Gasteiger partial charge on any atom is -0.381 e. The lowest BCUT2D eigenvalue weighted by Gasteiger charge is -2.28. The summed E-state index contributed by atoms with van der Waals surface area (Å²) in [6.07, 6.45) is 3.24. The quantitative estimate of drug-likeness (QED) is 0.699. The largest absolute Gasteiger partial charge is 0.381 e. The van der Waals surface area contributed by atoms with E-state index in [4.69, 9.17) is 10.5 Å². The summed E-state index contributed by atoms with van der Waals surface area (Å²) in [6, 6.07) is 3.61. The molecule has 0 unspecified atom stereocenters. The lowest BCUT2D eigenvalue weighted by molar-refractivity contribution is -0.114. The zero-order valence-corrected chi connectivity index (χ0v) is 14.2. The monoisotopic (exact) mass is 354 g/mol. The average Bonchev–Trinajstić information content (AvgIpc) is 3.03. The van der Waals surface area contributed by atoms with Crippen LogP contribution < -0.4 is 16.0 Å². The molecule has 1 amide bonds. The molecule has 10 nitrogen and oxygen atoms in total. The average molecular weight is 354 g/mol. The van der Waals surface area contributed by atoms with Crippen LogP contribution in [0.3, 0.4) is 0 Å². The van der Waals surface area contributed by atoms with Crippen molar-refractivity contribution in [2.75, 3.05) is 42.3 Å². The van der Waals surface area contributed by atoms with Crippen LogP contribution >= 0.6 is 0 Å². The summed E-state index contributed by atoms with van der Waals surface area (Å²) in [6.45, 7) is 4.14. The Morgan fingerprint density at radius 2 is 2.04 bits per heavy atom. The van der Waals surface area contributed by atoms with Crippen molar-refractivity contribution in [1.82, 2.24) is 24.6 Å². The second-order valence-electron chi connectivity index (χ2n) is 5.89. The molecule has 3 aromatic heterocycles. The Hall–Kier alpha value is -3.27. The van der Waals surface area contributed by atoms with Crippen molar-refractivity contribution in [3.63, 3.8) is 0 Å². The minimum absolute atomic E-state index is 0.187. The molecule has 1 aliphatic heterocycles. The molecule has 0 spiro atoms. The van der Waals surface area contributed by atoms with Gasteiger partial charge in [0.25, 0.3) is 0 Å². The van der Waals surface area contributed by atoms with E-state index in [1.807, 2.05) is 6.07 Å². The number of anilines is 3. The third-order valence-corrected chi connectivity index (χ3v) is 3.98. The van der Waals surface area contributed by atoms with Crippen LogP contribution in [0.1, 0.15) is 6.92 Å². The first-order valence-electron chi connectivity index (χ1n) is 8.20. The van der Waals surface area contributed by atoms with Gasteiger partial charge in [-0.2, -0.15) is 5.10 Å². The number of fused-ring (bicyclic) bond motifs is 1. The van der Waals surface area contributed by atoms with Gasteiger partial charge in [0.15, 0.2) is 23.1 Å². The summed E-state index contributed by atoms with van der Waals surface area (Å²) in [5.41, 5.74) is 7.87. The molecule has 1 saturated heterocycles. The first-order chi connectivity index (χ1) is 12.6. The number of hydrogen-bond acceptors (Lipinski definition) is 8. The predicted molar refractivity (Wildman–Crippen MR) is 95.8 cm³/mol. The van der Waals surface area contributed by atoms with E-state index in [1.165, 1.54) is 6.92 Å². The number of imidazole rings is 1. The van der Waals surface area contributed by atoms with Gasteiger partial charge in [-0.1, -0.05) is 0 Å². The molecule has 0 aromatic carbocycles. The van der Waals surface area contributed by atoms with E-state index in [2.05, 4.69) is 30.3 Å². The van der Waals surface area contributed by atoms with Gasteiger partial charge in [0.1, 0.15) is 11.4 Å². The Balaban J connectivity index is 1.69. The Morgan fingerprint density at radius 3 is 2.81 bits per heavy atom. The van der Waals surface area contributed by atoms with E-state index < -0.39 is 0 Å². The number of ether oxygens (including phenoxy) is 1. The third-order valence-electron chi connectivity index (χ3n) is 3.98. The lowest BCUT2D eigenvalue weighted by atomic mass is 10.3. The van der Waals surface area contributed by atoms with Gasteiger partial charge < -0.3 is 20.7 Å². The predicted octanol–water partition coefficient (Wildman–Crippen LogP) is 0.563. The van der Waals surface area contributed by atoms with E-state index >= 15 is 0 Å². The van der Waals surface area contributed by atoms with Crippen LogP contribution in [0.2, 0.25) is 0 Å². The number of nitrogens with zero attached hydrogens (tertiary/aromatic N) is 6. The Morgan fingerprint density at radius 1 is 1.23 bits per heavy atom. The van der Waals surface area contributed by atoms with Gasteiger partial charge >= 0.3 is 0 Å². The lowest BCUT2D eigenvalue weighted by Crippen LogP contribution is -2.37. The number of nitrogen functional groups attached to an aromatic ring is 1. The van der Waals surface area contributed by atoms with Crippen LogP contribution in [0.25, 0.3) is 17.0 Å². The Labute approximate surface area is 149 Å². The van der Waals surface area contributed by atoms with Crippen LogP contribution in [-0.2, 0) is 9.53 Å². The highest BCUT2D eigenvalue weighted by Crippen LogP contribution is 2.24. The normalized spacial score (nSPS) is 14.6. The highest BCUT2D eigenvalue weighted by atomic mass is 16.5. The highest BCUT2D eigenvalue weighted by Gasteiger charge is 2.18. The van der Waals surface area contributed by atoms with Crippen LogP contribution in [0.15, 0.2) is 24.5 Å². The summed E-state index contributed by atoms with van der Waals surface area (Å²) in [5, 5.41) is 7.14. The number of rotatable bonds is 3. The second-order valence-corrected chi connectivity index (χ2v) is 5.89. The highest BCUT2D eigenvalue weighted by molar-refractivity contribution is 5.87. The molecule has 1 fully saturated rings. The zero-order chi connectivity index (χ0) is 18.1. The minimum atomic E-state index is -0.187. The van der Waals surface area contributed by atoms with Gasteiger partial charge in [0.05, 0.1) is 25.6 Å². The third kappa shape index (κ3) is 3.14. The first-order valence-corrected chi connectivity index (χ1v) is 8.20. The smallest absolute Gasteiger partial charge is 0.222 e. The second kappa shape index (κ2) is 6.56. The van der Waals surface area contributed by atoms with E-state index in [0.717, 1.165) is 13.1 Å². The van der Waals surface area contributed by atoms with Gasteiger partial charge in [-0.05, 0) is 12.1 Å². The van der Waals surface area contributed by atoms with Crippen molar-refractivity contribution in [2.45, 2.75) is 6.92 Å². The van der Waals surface area contributed by atoms with E-state index in [1.54, 1.807) is 23.0 Å². The molecule has 0 bridgehead atoms. The summed E-state index contributed by atoms with van der Waals surface area (Å²) in [7, 11) is 0. The van der Waals surface area contributed by atoms with Crippen molar-refractivity contribution in [3.05, 3.63) is 24.5 Å². The zero-order valence-electron chi connectivity index (χ0n) is 14.2. The first kappa shape index (κ1) is 16.2. The van der Waals surface area contributed by atoms with Crippen molar-refractivity contribution < 1.29 is 9.53 Å². The molecule has 4 rings (SSSR count). The number of amides is 1. The van der Waals surface area contributed by atoms with E-state index in [9.17, 15) is 4.79 Å². The summed E-state index contributed by atoms with van der Waals surface area (Å²) in [4.78, 5) is 26.4. The van der Waals surface area contributed by atoms with Gasteiger partial charge in [-0.25, -0.2) is 19.5 Å². The summed E-state index contributed by atoms with van der Waals surface area (Å²) >= 11 is 0. The number of nitrogens with two attached hydrogens (primary N) is 1. The fourth-order valence-corrected chi connectivity index (χ4v) is 2.78. The molecule has 134 valence electrons. The standard InChI is InChI=1S/C16H18N8O2/c1-10(25)19-13-9-24-14(21-13)3-2-11(22-24)12-8-18-15(17)16(20-12)23-4-6-26-7-5-23/h2-3,8-9H,4-7H2,1H3,(H2,17,18)(H,19,25). The number of carbonyl (C=O) groups is 1. The molecule has 1 aliphatic rings. The number of morpholine rings is 1. The number of nitrogens with one attached hydrogen (secondary N) is 1. The summed E-state index contributed by atoms with van der Waals surface area (Å²) < 4.78 is 6.96. The van der Waals surface area contributed by atoms with Gasteiger partial charge in [-0.15, -0.1) is 0 Å². The fourth-order valence-electron chi connectivity index (χ4n) is 2.78. The van der Waals surface area contributed by atoms with Gasteiger partial charge in [-0.3, -0.25) is 4.79 Å². The molecule has 3 N–H and O–H groups in total. The maximum absolute atomic E-state index is 11.2. The molecule has 0 radical (unpaired) electrons. The van der Waals surface area contributed by atoms with E-state index in [-0.39, 0.29) is 5.91 Å². The summed E-state index contributed by atoms with van der Waals surface area (Å²) in [5.74, 6) is 1.28. The Kier molecular flexibility index (Phi) is 4.09. The van der Waals surface area contributed by atoms with Crippen molar-refractivity contribution >= 4 is 29.0 Å². The topological polar surface area (TPSA) is 124 Å². The number of hydrogen-bond donors (Lipinski definition) is 2. The molecule has 0 aliphatic carbocycles. The molecule has 10 heteroatoms. The molecular weight excluding hydrogens is 336 g/mol. The van der Waals surface area contributed by atoms with Crippen molar-refractivity contribution in [1.29, 1.82) is 0 Å².